The highest BCUT2D eigenvalue weighted by Gasteiger charge is 2.13. The fourth-order valence-corrected chi connectivity index (χ4v) is 2.84. The first kappa shape index (κ1) is 16.4. The van der Waals surface area contributed by atoms with Crippen LogP contribution in [0.15, 0.2) is 48.5 Å². The van der Waals surface area contributed by atoms with Crippen LogP contribution in [-0.4, -0.2) is 27.8 Å². The van der Waals surface area contributed by atoms with Gasteiger partial charge in [0.25, 0.3) is 0 Å². The van der Waals surface area contributed by atoms with Crippen LogP contribution in [0.2, 0.25) is 5.02 Å². The van der Waals surface area contributed by atoms with E-state index in [2.05, 4.69) is 9.97 Å². The summed E-state index contributed by atoms with van der Waals surface area (Å²) >= 11 is 5.97. The van der Waals surface area contributed by atoms with Gasteiger partial charge in [0.2, 0.25) is 5.91 Å². The van der Waals surface area contributed by atoms with Crippen LogP contribution >= 0.6 is 11.6 Å². The number of amides is 1. The molecule has 0 saturated carbocycles. The molecule has 0 spiro atoms. The highest BCUT2D eigenvalue weighted by molar-refractivity contribution is 6.30. The molecule has 0 aliphatic carbocycles. The quantitative estimate of drug-likeness (QED) is 0.726. The molecule has 0 aliphatic rings. The van der Waals surface area contributed by atoms with Gasteiger partial charge in [0.05, 0.1) is 18.5 Å². The Labute approximate surface area is 146 Å². The van der Waals surface area contributed by atoms with Crippen LogP contribution in [0.3, 0.4) is 0 Å². The van der Waals surface area contributed by atoms with Gasteiger partial charge in [-0.25, -0.2) is 9.97 Å². The van der Waals surface area contributed by atoms with Crippen LogP contribution in [0.25, 0.3) is 10.9 Å². The van der Waals surface area contributed by atoms with Crippen molar-refractivity contribution in [3.63, 3.8) is 0 Å². The van der Waals surface area contributed by atoms with E-state index >= 15 is 0 Å². The minimum atomic E-state index is 0.00618. The molecular weight excluding hydrogens is 322 g/mol. The van der Waals surface area contributed by atoms with Gasteiger partial charge in [0.1, 0.15) is 5.82 Å². The Morgan fingerprint density at radius 2 is 1.92 bits per heavy atom. The number of benzene rings is 2. The molecular formula is C19H18ClN3O. The van der Waals surface area contributed by atoms with E-state index in [4.69, 9.17) is 11.6 Å². The van der Waals surface area contributed by atoms with Crippen LogP contribution in [0.4, 0.5) is 0 Å². The predicted octanol–water partition coefficient (Wildman–Crippen LogP) is 3.79. The maximum Gasteiger partial charge on any atom is 0.227 e. The van der Waals surface area contributed by atoms with Crippen LogP contribution in [0, 0.1) is 6.92 Å². The van der Waals surface area contributed by atoms with Crippen LogP contribution in [-0.2, 0) is 17.8 Å². The largest absolute Gasteiger partial charge is 0.338 e. The second-order valence-corrected chi connectivity index (χ2v) is 6.24. The van der Waals surface area contributed by atoms with Crippen LogP contribution in [0.5, 0.6) is 0 Å². The average Bonchev–Trinajstić information content (AvgIpc) is 2.55. The minimum absolute atomic E-state index is 0.00618. The maximum atomic E-state index is 12.4. The summed E-state index contributed by atoms with van der Waals surface area (Å²) < 4.78 is 0. The van der Waals surface area contributed by atoms with E-state index in [1.807, 2.05) is 49.4 Å². The molecule has 0 saturated heterocycles. The fraction of sp³-hybridized carbons (Fsp3) is 0.211. The number of likely N-dealkylation sites (N-methyl/N-ethyl adjacent to an activating group) is 1. The smallest absolute Gasteiger partial charge is 0.227 e. The number of para-hydroxylation sites is 1. The second kappa shape index (κ2) is 6.97. The Hall–Kier alpha value is -2.46. The van der Waals surface area contributed by atoms with Gasteiger partial charge in [-0.3, -0.25) is 4.79 Å². The zero-order valence-corrected chi connectivity index (χ0v) is 14.4. The molecule has 0 atom stereocenters. The summed E-state index contributed by atoms with van der Waals surface area (Å²) in [4.78, 5) is 23.1. The summed E-state index contributed by atoms with van der Waals surface area (Å²) in [5.41, 5.74) is 2.72. The van der Waals surface area contributed by atoms with Gasteiger partial charge in [0, 0.05) is 23.2 Å². The van der Waals surface area contributed by atoms with E-state index in [1.54, 1.807) is 18.0 Å². The molecule has 1 aromatic heterocycles. The second-order valence-electron chi connectivity index (χ2n) is 5.80. The van der Waals surface area contributed by atoms with Crippen molar-refractivity contribution in [3.05, 3.63) is 70.6 Å². The maximum absolute atomic E-state index is 12.4. The number of hydrogen-bond acceptors (Lipinski definition) is 3. The summed E-state index contributed by atoms with van der Waals surface area (Å²) in [6.07, 6.45) is 0.309. The van der Waals surface area contributed by atoms with Crippen molar-refractivity contribution in [1.82, 2.24) is 14.9 Å². The van der Waals surface area contributed by atoms with Gasteiger partial charge in [-0.2, -0.15) is 0 Å². The van der Waals surface area contributed by atoms with Crippen LogP contribution < -0.4 is 0 Å². The Morgan fingerprint density at radius 1 is 1.12 bits per heavy atom. The van der Waals surface area contributed by atoms with Crippen molar-refractivity contribution >= 4 is 28.4 Å². The number of fused-ring (bicyclic) bond motifs is 1. The topological polar surface area (TPSA) is 46.1 Å². The van der Waals surface area contributed by atoms with Crippen molar-refractivity contribution in [2.45, 2.75) is 19.9 Å². The summed E-state index contributed by atoms with van der Waals surface area (Å²) in [5.74, 6) is 0.653. The standard InChI is InChI=1S/C19H18ClN3O/c1-13-16-8-3-4-9-17(16)22-18(21-13)12-23(2)19(24)11-14-6-5-7-15(20)10-14/h3-10H,11-12H2,1-2H3. The lowest BCUT2D eigenvalue weighted by Gasteiger charge is -2.17. The zero-order valence-electron chi connectivity index (χ0n) is 13.7. The lowest BCUT2D eigenvalue weighted by atomic mass is 10.1. The third-order valence-corrected chi connectivity index (χ3v) is 4.12. The lowest BCUT2D eigenvalue weighted by molar-refractivity contribution is -0.129. The molecule has 1 amide bonds. The monoisotopic (exact) mass is 339 g/mol. The predicted molar refractivity (Wildman–Crippen MR) is 95.9 cm³/mol. The normalized spacial score (nSPS) is 10.8. The van der Waals surface area contributed by atoms with E-state index in [-0.39, 0.29) is 5.91 Å². The number of halogens is 1. The molecule has 0 fully saturated rings. The number of aryl methyl sites for hydroxylation is 1. The molecule has 0 aliphatic heterocycles. The SMILES string of the molecule is Cc1nc(CN(C)C(=O)Cc2cccc(Cl)c2)nc2ccccc12. The van der Waals surface area contributed by atoms with Crippen molar-refractivity contribution in [1.29, 1.82) is 0 Å². The molecule has 1 heterocycles. The Bertz CT molecular complexity index is 895. The van der Waals surface area contributed by atoms with Crippen molar-refractivity contribution < 1.29 is 4.79 Å². The number of rotatable bonds is 4. The van der Waals surface area contributed by atoms with Gasteiger partial charge in [-0.1, -0.05) is 41.9 Å². The summed E-state index contributed by atoms with van der Waals surface area (Å²) in [6.45, 7) is 2.34. The van der Waals surface area contributed by atoms with Gasteiger partial charge >= 0.3 is 0 Å². The van der Waals surface area contributed by atoms with E-state index in [0.717, 1.165) is 22.2 Å². The molecule has 3 aromatic rings. The highest BCUT2D eigenvalue weighted by Crippen LogP contribution is 2.16. The average molecular weight is 340 g/mol. The number of carbonyl (C=O) groups is 1. The minimum Gasteiger partial charge on any atom is -0.338 e. The first-order valence-corrected chi connectivity index (χ1v) is 8.11. The summed E-state index contributed by atoms with van der Waals surface area (Å²) in [6, 6.07) is 15.2. The van der Waals surface area contributed by atoms with E-state index < -0.39 is 0 Å². The Balaban J connectivity index is 1.74. The van der Waals surface area contributed by atoms with E-state index in [9.17, 15) is 4.79 Å². The van der Waals surface area contributed by atoms with Gasteiger partial charge < -0.3 is 4.90 Å². The lowest BCUT2D eigenvalue weighted by Crippen LogP contribution is -2.28. The van der Waals surface area contributed by atoms with Crippen molar-refractivity contribution in [2.24, 2.45) is 0 Å². The third kappa shape index (κ3) is 3.71. The summed E-state index contributed by atoms with van der Waals surface area (Å²) in [7, 11) is 1.76. The molecule has 0 radical (unpaired) electrons. The number of nitrogens with zero attached hydrogens (tertiary/aromatic N) is 3. The van der Waals surface area contributed by atoms with Crippen molar-refractivity contribution in [2.75, 3.05) is 7.05 Å². The Kier molecular flexibility index (Phi) is 4.76. The first-order chi connectivity index (χ1) is 11.5. The molecule has 24 heavy (non-hydrogen) atoms. The molecule has 0 unspecified atom stereocenters. The molecule has 122 valence electrons. The van der Waals surface area contributed by atoms with Crippen molar-refractivity contribution in [3.8, 4) is 0 Å². The van der Waals surface area contributed by atoms with Crippen LogP contribution in [0.1, 0.15) is 17.1 Å². The highest BCUT2D eigenvalue weighted by atomic mass is 35.5. The molecule has 0 bridgehead atoms. The number of carbonyl (C=O) groups excluding carboxylic acids is 1. The fourth-order valence-electron chi connectivity index (χ4n) is 2.62. The first-order valence-electron chi connectivity index (χ1n) is 7.73. The van der Waals surface area contributed by atoms with Gasteiger partial charge in [-0.05, 0) is 30.7 Å². The molecule has 0 N–H and O–H groups in total. The number of aromatic nitrogens is 2. The summed E-state index contributed by atoms with van der Waals surface area (Å²) in [5, 5.41) is 1.67. The van der Waals surface area contributed by atoms with E-state index in [1.165, 1.54) is 0 Å². The molecule has 3 rings (SSSR count). The molecule has 2 aromatic carbocycles. The molecule has 5 heteroatoms. The van der Waals surface area contributed by atoms with E-state index in [0.29, 0.717) is 23.8 Å². The zero-order chi connectivity index (χ0) is 17.1. The van der Waals surface area contributed by atoms with Gasteiger partial charge in [-0.15, -0.1) is 0 Å². The molecule has 4 nitrogen and oxygen atoms in total. The number of hydrogen-bond donors (Lipinski definition) is 0. The Morgan fingerprint density at radius 3 is 2.71 bits per heavy atom. The third-order valence-electron chi connectivity index (χ3n) is 3.89. The van der Waals surface area contributed by atoms with Gasteiger partial charge in [0.15, 0.2) is 0 Å².